The Hall–Kier alpha value is -2.02. The van der Waals surface area contributed by atoms with Crippen LogP contribution in [0.4, 0.5) is 11.4 Å². The molecule has 19 heavy (non-hydrogen) atoms. The van der Waals surface area contributed by atoms with Gasteiger partial charge in [0, 0.05) is 12.2 Å². The standard InChI is InChI=1S/C12H16N4O2S/c1-3-16(11-6-4-10(13)5-7-11)19(17,18)12-8-14-15-9(12)2/h4-8H,3,13H2,1-2H3,(H,14,15). The summed E-state index contributed by atoms with van der Waals surface area (Å²) in [6.45, 7) is 3.79. The Morgan fingerprint density at radius 1 is 1.32 bits per heavy atom. The fourth-order valence-corrected chi connectivity index (χ4v) is 3.45. The second-order valence-corrected chi connectivity index (χ2v) is 5.95. The highest BCUT2D eigenvalue weighted by Crippen LogP contribution is 2.25. The molecule has 0 saturated heterocycles. The van der Waals surface area contributed by atoms with E-state index in [1.807, 2.05) is 0 Å². The van der Waals surface area contributed by atoms with Crippen LogP contribution in [0.1, 0.15) is 12.6 Å². The van der Waals surface area contributed by atoms with Crippen LogP contribution in [-0.2, 0) is 10.0 Å². The van der Waals surface area contributed by atoms with E-state index in [0.717, 1.165) is 0 Å². The first kappa shape index (κ1) is 13.4. The molecule has 0 aliphatic rings. The number of anilines is 2. The minimum absolute atomic E-state index is 0.186. The van der Waals surface area contributed by atoms with Gasteiger partial charge in [-0.25, -0.2) is 8.42 Å². The van der Waals surface area contributed by atoms with E-state index in [-0.39, 0.29) is 4.90 Å². The Morgan fingerprint density at radius 2 is 1.95 bits per heavy atom. The predicted octanol–water partition coefficient (Wildman–Crippen LogP) is 1.52. The van der Waals surface area contributed by atoms with Crippen LogP contribution in [0.3, 0.4) is 0 Å². The van der Waals surface area contributed by atoms with Gasteiger partial charge in [0.2, 0.25) is 0 Å². The largest absolute Gasteiger partial charge is 0.399 e. The number of sulfonamides is 1. The molecule has 2 rings (SSSR count). The molecule has 0 amide bonds. The fraction of sp³-hybridized carbons (Fsp3) is 0.250. The minimum atomic E-state index is -3.61. The van der Waals surface area contributed by atoms with Crippen molar-refractivity contribution >= 4 is 21.4 Å². The van der Waals surface area contributed by atoms with Crippen molar-refractivity contribution in [3.05, 3.63) is 36.2 Å². The molecule has 1 heterocycles. The summed E-state index contributed by atoms with van der Waals surface area (Å²) in [5.41, 5.74) is 7.31. The van der Waals surface area contributed by atoms with Gasteiger partial charge in [0.15, 0.2) is 0 Å². The highest BCUT2D eigenvalue weighted by Gasteiger charge is 2.26. The van der Waals surface area contributed by atoms with Gasteiger partial charge in [-0.1, -0.05) is 0 Å². The minimum Gasteiger partial charge on any atom is -0.399 e. The Kier molecular flexibility index (Phi) is 3.48. The van der Waals surface area contributed by atoms with Crippen LogP contribution in [0.15, 0.2) is 35.4 Å². The molecule has 2 aromatic rings. The zero-order valence-electron chi connectivity index (χ0n) is 10.8. The second-order valence-electron chi connectivity index (χ2n) is 4.12. The van der Waals surface area contributed by atoms with E-state index >= 15 is 0 Å². The summed E-state index contributed by atoms with van der Waals surface area (Å²) in [5, 5.41) is 6.40. The van der Waals surface area contributed by atoms with Gasteiger partial charge in [0.1, 0.15) is 4.90 Å². The van der Waals surface area contributed by atoms with Crippen molar-refractivity contribution in [1.29, 1.82) is 0 Å². The molecular formula is C12H16N4O2S. The number of hydrogen-bond acceptors (Lipinski definition) is 4. The van der Waals surface area contributed by atoms with Gasteiger partial charge < -0.3 is 5.73 Å². The molecule has 0 spiro atoms. The van der Waals surface area contributed by atoms with Crippen LogP contribution in [0.2, 0.25) is 0 Å². The third kappa shape index (κ3) is 2.41. The normalized spacial score (nSPS) is 11.5. The number of hydrogen-bond donors (Lipinski definition) is 2. The van der Waals surface area contributed by atoms with E-state index < -0.39 is 10.0 Å². The molecule has 1 aromatic carbocycles. The molecule has 0 fully saturated rings. The van der Waals surface area contributed by atoms with Gasteiger partial charge >= 0.3 is 0 Å². The SMILES string of the molecule is CCN(c1ccc(N)cc1)S(=O)(=O)c1cn[nH]c1C. The quantitative estimate of drug-likeness (QED) is 0.830. The molecule has 102 valence electrons. The van der Waals surface area contributed by atoms with Crippen molar-refractivity contribution in [3.8, 4) is 0 Å². The zero-order chi connectivity index (χ0) is 14.0. The lowest BCUT2D eigenvalue weighted by atomic mass is 10.3. The molecule has 0 aliphatic carbocycles. The summed E-state index contributed by atoms with van der Waals surface area (Å²) < 4.78 is 26.5. The van der Waals surface area contributed by atoms with E-state index in [2.05, 4.69) is 10.2 Å². The Balaban J connectivity index is 2.48. The molecule has 0 bridgehead atoms. The average molecular weight is 280 g/mol. The third-order valence-electron chi connectivity index (χ3n) is 2.82. The number of H-pyrrole nitrogens is 1. The maximum atomic E-state index is 12.6. The molecule has 0 atom stereocenters. The number of nitrogens with two attached hydrogens (primary N) is 1. The van der Waals surface area contributed by atoms with Gasteiger partial charge in [-0.05, 0) is 38.1 Å². The number of nitrogen functional groups attached to an aromatic ring is 1. The van der Waals surface area contributed by atoms with Crippen LogP contribution in [-0.4, -0.2) is 25.2 Å². The number of rotatable bonds is 4. The molecule has 0 radical (unpaired) electrons. The summed E-state index contributed by atoms with van der Waals surface area (Å²) in [6, 6.07) is 6.73. The summed E-state index contributed by atoms with van der Waals surface area (Å²) in [4.78, 5) is 0.186. The van der Waals surface area contributed by atoms with Crippen molar-refractivity contribution in [1.82, 2.24) is 10.2 Å². The first-order chi connectivity index (χ1) is 8.96. The summed E-state index contributed by atoms with van der Waals surface area (Å²) in [6.07, 6.45) is 1.32. The molecule has 3 N–H and O–H groups in total. The number of nitrogens with one attached hydrogen (secondary N) is 1. The number of aromatic nitrogens is 2. The number of nitrogens with zero attached hydrogens (tertiary/aromatic N) is 2. The summed E-state index contributed by atoms with van der Waals surface area (Å²) in [7, 11) is -3.61. The lowest BCUT2D eigenvalue weighted by Gasteiger charge is -2.22. The Morgan fingerprint density at radius 3 is 2.42 bits per heavy atom. The molecule has 0 unspecified atom stereocenters. The van der Waals surface area contributed by atoms with Crippen molar-refractivity contribution in [2.24, 2.45) is 0 Å². The third-order valence-corrected chi connectivity index (χ3v) is 4.84. The topological polar surface area (TPSA) is 92.1 Å². The van der Waals surface area contributed by atoms with Crippen molar-refractivity contribution in [2.75, 3.05) is 16.6 Å². The lowest BCUT2D eigenvalue weighted by Crippen LogP contribution is -2.31. The molecule has 0 aliphatic heterocycles. The fourth-order valence-electron chi connectivity index (χ4n) is 1.85. The van der Waals surface area contributed by atoms with E-state index in [1.54, 1.807) is 38.1 Å². The van der Waals surface area contributed by atoms with Crippen LogP contribution < -0.4 is 10.0 Å². The van der Waals surface area contributed by atoms with Crippen LogP contribution in [0, 0.1) is 6.92 Å². The molecular weight excluding hydrogens is 264 g/mol. The maximum Gasteiger partial charge on any atom is 0.267 e. The van der Waals surface area contributed by atoms with Crippen molar-refractivity contribution < 1.29 is 8.42 Å². The van der Waals surface area contributed by atoms with E-state index in [9.17, 15) is 8.42 Å². The lowest BCUT2D eigenvalue weighted by molar-refractivity contribution is 0.591. The highest BCUT2D eigenvalue weighted by atomic mass is 32.2. The predicted molar refractivity (Wildman–Crippen MR) is 74.4 cm³/mol. The first-order valence-corrected chi connectivity index (χ1v) is 7.29. The van der Waals surface area contributed by atoms with Crippen LogP contribution in [0.5, 0.6) is 0 Å². The maximum absolute atomic E-state index is 12.6. The van der Waals surface area contributed by atoms with Crippen molar-refractivity contribution in [2.45, 2.75) is 18.7 Å². The van der Waals surface area contributed by atoms with E-state index in [1.165, 1.54) is 10.5 Å². The van der Waals surface area contributed by atoms with Gasteiger partial charge in [-0.3, -0.25) is 9.40 Å². The molecule has 0 saturated carbocycles. The monoisotopic (exact) mass is 280 g/mol. The highest BCUT2D eigenvalue weighted by molar-refractivity contribution is 7.92. The van der Waals surface area contributed by atoms with Crippen molar-refractivity contribution in [3.63, 3.8) is 0 Å². The van der Waals surface area contributed by atoms with Gasteiger partial charge in [0.25, 0.3) is 10.0 Å². The van der Waals surface area contributed by atoms with Gasteiger partial charge in [-0.2, -0.15) is 5.10 Å². The summed E-state index contributed by atoms with van der Waals surface area (Å²) >= 11 is 0. The first-order valence-electron chi connectivity index (χ1n) is 5.85. The zero-order valence-corrected chi connectivity index (χ0v) is 11.6. The number of aryl methyl sites for hydroxylation is 1. The van der Waals surface area contributed by atoms with Crippen LogP contribution >= 0.6 is 0 Å². The van der Waals surface area contributed by atoms with E-state index in [4.69, 9.17) is 5.73 Å². The summed E-state index contributed by atoms with van der Waals surface area (Å²) in [5.74, 6) is 0. The number of aromatic amines is 1. The average Bonchev–Trinajstić information content (AvgIpc) is 2.79. The van der Waals surface area contributed by atoms with Gasteiger partial charge in [0.05, 0.1) is 17.6 Å². The smallest absolute Gasteiger partial charge is 0.267 e. The number of benzene rings is 1. The molecule has 6 nitrogen and oxygen atoms in total. The Labute approximate surface area is 112 Å². The van der Waals surface area contributed by atoms with Crippen LogP contribution in [0.25, 0.3) is 0 Å². The molecule has 1 aromatic heterocycles. The van der Waals surface area contributed by atoms with E-state index in [0.29, 0.717) is 23.6 Å². The molecule has 7 heteroatoms. The second kappa shape index (κ2) is 4.93. The Bertz CT molecular complexity index is 661. The van der Waals surface area contributed by atoms with Gasteiger partial charge in [-0.15, -0.1) is 0 Å².